The summed E-state index contributed by atoms with van der Waals surface area (Å²) < 4.78 is 0. The molecule has 0 saturated heterocycles. The van der Waals surface area contributed by atoms with E-state index < -0.39 is 6.23 Å². The third-order valence-corrected chi connectivity index (χ3v) is 6.40. The van der Waals surface area contributed by atoms with Gasteiger partial charge in [-0.25, -0.2) is 0 Å². The molecular formula is C25H23ClN2O2. The van der Waals surface area contributed by atoms with Crippen LogP contribution in [0.2, 0.25) is 5.02 Å². The maximum absolute atomic E-state index is 13.1. The SMILES string of the molecule is O=C1c2cccc3cccc(c23)C(O)N1CCN1CC=CC(c2ccc(Cl)cc2)C1. The molecule has 1 amide bonds. The number of benzene rings is 3. The fourth-order valence-corrected chi connectivity index (χ4v) is 4.69. The molecule has 0 bridgehead atoms. The number of rotatable bonds is 4. The highest BCUT2D eigenvalue weighted by Crippen LogP contribution is 2.35. The van der Waals surface area contributed by atoms with Gasteiger partial charge in [-0.15, -0.1) is 0 Å². The van der Waals surface area contributed by atoms with E-state index in [1.54, 1.807) is 4.90 Å². The van der Waals surface area contributed by atoms with Gasteiger partial charge in [0.2, 0.25) is 0 Å². The molecule has 2 atom stereocenters. The van der Waals surface area contributed by atoms with Crippen LogP contribution >= 0.6 is 11.6 Å². The molecule has 5 heteroatoms. The van der Waals surface area contributed by atoms with Gasteiger partial charge in [-0.05, 0) is 29.1 Å². The summed E-state index contributed by atoms with van der Waals surface area (Å²) in [6.45, 7) is 2.90. The van der Waals surface area contributed by atoms with E-state index in [1.807, 2.05) is 48.5 Å². The van der Waals surface area contributed by atoms with E-state index in [4.69, 9.17) is 11.6 Å². The van der Waals surface area contributed by atoms with Crippen molar-refractivity contribution in [2.45, 2.75) is 12.1 Å². The number of carbonyl (C=O) groups excluding carboxylic acids is 1. The Morgan fingerprint density at radius 2 is 1.77 bits per heavy atom. The van der Waals surface area contributed by atoms with Crippen molar-refractivity contribution in [2.24, 2.45) is 0 Å². The molecule has 2 aliphatic rings. The molecule has 0 spiro atoms. The summed E-state index contributed by atoms with van der Waals surface area (Å²) >= 11 is 6.02. The number of amides is 1. The van der Waals surface area contributed by atoms with Gasteiger partial charge in [0.15, 0.2) is 6.23 Å². The number of carbonyl (C=O) groups is 1. The van der Waals surface area contributed by atoms with E-state index in [9.17, 15) is 9.90 Å². The third-order valence-electron chi connectivity index (χ3n) is 6.14. The van der Waals surface area contributed by atoms with Crippen molar-refractivity contribution < 1.29 is 9.90 Å². The fourth-order valence-electron chi connectivity index (χ4n) is 4.57. The summed E-state index contributed by atoms with van der Waals surface area (Å²) in [7, 11) is 0. The Labute approximate surface area is 181 Å². The van der Waals surface area contributed by atoms with Crippen LogP contribution in [0.5, 0.6) is 0 Å². The van der Waals surface area contributed by atoms with E-state index in [2.05, 4.69) is 29.2 Å². The van der Waals surface area contributed by atoms with Gasteiger partial charge >= 0.3 is 0 Å². The van der Waals surface area contributed by atoms with Crippen molar-refractivity contribution in [1.29, 1.82) is 0 Å². The molecule has 2 unspecified atom stereocenters. The average Bonchev–Trinajstić information content (AvgIpc) is 2.78. The van der Waals surface area contributed by atoms with Crippen LogP contribution < -0.4 is 0 Å². The molecule has 0 radical (unpaired) electrons. The summed E-state index contributed by atoms with van der Waals surface area (Å²) in [5.41, 5.74) is 2.71. The van der Waals surface area contributed by atoms with Crippen molar-refractivity contribution in [3.05, 3.63) is 94.5 Å². The average molecular weight is 419 g/mol. The maximum Gasteiger partial charge on any atom is 0.256 e. The molecule has 3 aromatic carbocycles. The van der Waals surface area contributed by atoms with E-state index in [0.29, 0.717) is 24.6 Å². The van der Waals surface area contributed by atoms with E-state index >= 15 is 0 Å². The highest BCUT2D eigenvalue weighted by molar-refractivity contribution is 6.30. The minimum Gasteiger partial charge on any atom is -0.369 e. The molecule has 152 valence electrons. The van der Waals surface area contributed by atoms with Gasteiger partial charge in [0.05, 0.1) is 0 Å². The van der Waals surface area contributed by atoms with Crippen molar-refractivity contribution in [3.63, 3.8) is 0 Å². The first kappa shape index (κ1) is 19.3. The summed E-state index contributed by atoms with van der Waals surface area (Å²) in [6.07, 6.45) is 3.49. The highest BCUT2D eigenvalue weighted by atomic mass is 35.5. The van der Waals surface area contributed by atoms with Crippen LogP contribution in [0, 0.1) is 0 Å². The van der Waals surface area contributed by atoms with E-state index in [0.717, 1.165) is 34.4 Å². The molecule has 4 nitrogen and oxygen atoms in total. The predicted octanol–water partition coefficient (Wildman–Crippen LogP) is 4.60. The number of hydrogen-bond donors (Lipinski definition) is 1. The fraction of sp³-hybridized carbons (Fsp3) is 0.240. The number of aliphatic hydroxyl groups excluding tert-OH is 1. The van der Waals surface area contributed by atoms with Crippen molar-refractivity contribution in [3.8, 4) is 0 Å². The number of halogens is 1. The lowest BCUT2D eigenvalue weighted by atomic mass is 9.93. The Bertz CT molecular complexity index is 1120. The quantitative estimate of drug-likeness (QED) is 0.630. The molecule has 5 rings (SSSR count). The zero-order valence-electron chi connectivity index (χ0n) is 16.5. The monoisotopic (exact) mass is 418 g/mol. The molecule has 0 saturated carbocycles. The number of aliphatic hydroxyl groups is 1. The van der Waals surface area contributed by atoms with E-state index in [-0.39, 0.29) is 5.91 Å². The highest BCUT2D eigenvalue weighted by Gasteiger charge is 2.32. The van der Waals surface area contributed by atoms with Crippen LogP contribution in [0.15, 0.2) is 72.8 Å². The molecule has 0 aromatic heterocycles. The van der Waals surface area contributed by atoms with Crippen LogP contribution in [-0.2, 0) is 0 Å². The topological polar surface area (TPSA) is 43.8 Å². The van der Waals surface area contributed by atoms with Gasteiger partial charge in [0.1, 0.15) is 0 Å². The lowest BCUT2D eigenvalue weighted by Crippen LogP contribution is -2.44. The number of hydrogen-bond acceptors (Lipinski definition) is 3. The Morgan fingerprint density at radius 1 is 1.00 bits per heavy atom. The van der Waals surface area contributed by atoms with Crippen LogP contribution in [0.3, 0.4) is 0 Å². The second-order valence-corrected chi connectivity index (χ2v) is 8.41. The Morgan fingerprint density at radius 3 is 2.57 bits per heavy atom. The van der Waals surface area contributed by atoms with Gasteiger partial charge in [-0.3, -0.25) is 9.69 Å². The van der Waals surface area contributed by atoms with Crippen LogP contribution in [-0.4, -0.2) is 47.0 Å². The van der Waals surface area contributed by atoms with Crippen molar-refractivity contribution in [2.75, 3.05) is 26.2 Å². The van der Waals surface area contributed by atoms with Crippen LogP contribution in [0.25, 0.3) is 10.8 Å². The molecule has 2 aliphatic heterocycles. The van der Waals surface area contributed by atoms with Crippen molar-refractivity contribution >= 4 is 28.3 Å². The second kappa shape index (κ2) is 7.88. The summed E-state index contributed by atoms with van der Waals surface area (Å²) in [5, 5.41) is 13.5. The first-order chi connectivity index (χ1) is 14.6. The van der Waals surface area contributed by atoms with Gasteiger partial charge in [0.25, 0.3) is 5.91 Å². The minimum absolute atomic E-state index is 0.103. The first-order valence-corrected chi connectivity index (χ1v) is 10.6. The zero-order valence-corrected chi connectivity index (χ0v) is 17.3. The Kier molecular flexibility index (Phi) is 5.07. The van der Waals surface area contributed by atoms with Gasteiger partial charge in [-0.2, -0.15) is 0 Å². The zero-order chi connectivity index (χ0) is 20.7. The Balaban J connectivity index is 1.31. The summed E-state index contributed by atoms with van der Waals surface area (Å²) in [5.74, 6) is 0.195. The molecule has 1 N–H and O–H groups in total. The van der Waals surface area contributed by atoms with Crippen LogP contribution in [0.1, 0.15) is 33.6 Å². The van der Waals surface area contributed by atoms with E-state index in [1.165, 1.54) is 5.56 Å². The van der Waals surface area contributed by atoms with Gasteiger partial charge in [-0.1, -0.05) is 66.2 Å². The summed E-state index contributed by atoms with van der Waals surface area (Å²) in [6, 6.07) is 19.5. The van der Waals surface area contributed by atoms with Gasteiger partial charge in [0, 0.05) is 53.6 Å². The van der Waals surface area contributed by atoms with Gasteiger partial charge < -0.3 is 10.0 Å². The maximum atomic E-state index is 13.1. The molecule has 2 heterocycles. The smallest absolute Gasteiger partial charge is 0.256 e. The normalized spacial score (nSPS) is 21.4. The molecular weight excluding hydrogens is 396 g/mol. The lowest BCUT2D eigenvalue weighted by molar-refractivity contribution is 0.00134. The molecule has 0 fully saturated rings. The number of nitrogens with zero attached hydrogens (tertiary/aromatic N) is 2. The largest absolute Gasteiger partial charge is 0.369 e. The molecule has 3 aromatic rings. The van der Waals surface area contributed by atoms with Crippen molar-refractivity contribution in [1.82, 2.24) is 9.80 Å². The Hall–Kier alpha value is -2.66. The standard InChI is InChI=1S/C25H23ClN2O2/c26-20-11-9-17(10-12-20)19-6-3-13-27(16-19)14-15-28-24(29)21-7-1-4-18-5-2-8-22(23(18)21)25(28)30/h1-12,19,24,29H,13-16H2. The first-order valence-electron chi connectivity index (χ1n) is 10.3. The molecule has 0 aliphatic carbocycles. The minimum atomic E-state index is -0.913. The molecule has 30 heavy (non-hydrogen) atoms. The second-order valence-electron chi connectivity index (χ2n) is 7.97. The predicted molar refractivity (Wildman–Crippen MR) is 120 cm³/mol. The summed E-state index contributed by atoms with van der Waals surface area (Å²) in [4.78, 5) is 17.0. The third kappa shape index (κ3) is 3.41. The van der Waals surface area contributed by atoms with Crippen LogP contribution in [0.4, 0.5) is 0 Å². The lowest BCUT2D eigenvalue weighted by Gasteiger charge is -2.36.